The summed E-state index contributed by atoms with van der Waals surface area (Å²) in [5.41, 5.74) is 3.81. The number of anilines is 2. The molecule has 31 heavy (non-hydrogen) atoms. The summed E-state index contributed by atoms with van der Waals surface area (Å²) in [7, 11) is -3.75. The molecule has 4 rings (SSSR count). The average molecular weight is 454 g/mol. The number of fused-ring (bicyclic) bond motifs is 1. The van der Waals surface area contributed by atoms with Gasteiger partial charge in [0.05, 0.1) is 4.90 Å². The van der Waals surface area contributed by atoms with E-state index in [-0.39, 0.29) is 10.8 Å². The second-order valence-corrected chi connectivity index (χ2v) is 9.14. The number of carbonyl (C=O) groups is 1. The third-order valence-corrected chi connectivity index (χ3v) is 6.43. The van der Waals surface area contributed by atoms with Crippen LogP contribution >= 0.6 is 11.6 Å². The molecule has 1 amide bonds. The highest BCUT2D eigenvalue weighted by atomic mass is 35.5. The zero-order valence-electron chi connectivity index (χ0n) is 16.6. The fourth-order valence-corrected chi connectivity index (χ4v) is 4.40. The van der Waals surface area contributed by atoms with E-state index in [0.717, 1.165) is 22.2 Å². The molecule has 1 heterocycles. The molecular weight excluding hydrogens is 434 g/mol. The van der Waals surface area contributed by atoms with Crippen LogP contribution in [0.4, 0.5) is 11.4 Å². The third kappa shape index (κ3) is 4.73. The quantitative estimate of drug-likeness (QED) is 0.353. The number of aromatic nitrogens is 1. The van der Waals surface area contributed by atoms with E-state index in [1.807, 2.05) is 36.4 Å². The Morgan fingerprint density at radius 1 is 0.935 bits per heavy atom. The largest absolute Gasteiger partial charge is 0.355 e. The van der Waals surface area contributed by atoms with E-state index in [9.17, 15) is 13.2 Å². The van der Waals surface area contributed by atoms with Gasteiger partial charge in [0, 0.05) is 39.4 Å². The molecule has 0 atom stereocenters. The molecule has 4 aromatic rings. The van der Waals surface area contributed by atoms with Crippen molar-refractivity contribution in [3.8, 4) is 11.3 Å². The molecular formula is C23H20ClN3O3S. The van der Waals surface area contributed by atoms with Crippen molar-refractivity contribution in [2.75, 3.05) is 10.0 Å². The Kier molecular flexibility index (Phi) is 5.71. The minimum atomic E-state index is -3.75. The van der Waals surface area contributed by atoms with Crippen LogP contribution in [-0.4, -0.2) is 19.3 Å². The van der Waals surface area contributed by atoms with Crippen LogP contribution in [0.15, 0.2) is 77.7 Å². The van der Waals surface area contributed by atoms with E-state index < -0.39 is 10.0 Å². The first-order chi connectivity index (χ1) is 14.8. The van der Waals surface area contributed by atoms with Gasteiger partial charge in [-0.3, -0.25) is 9.52 Å². The summed E-state index contributed by atoms with van der Waals surface area (Å²) in [4.78, 5) is 14.9. The molecule has 0 bridgehead atoms. The minimum absolute atomic E-state index is 0.110. The predicted octanol–water partition coefficient (Wildman–Crippen LogP) is 5.64. The molecule has 8 heteroatoms. The number of benzene rings is 3. The van der Waals surface area contributed by atoms with Crippen LogP contribution < -0.4 is 10.0 Å². The zero-order chi connectivity index (χ0) is 22.0. The standard InChI is InChI=1S/C23H20ClN3O3S/c1-2-23(28)25-18-8-10-20(11-9-18)31(29,30)27-19-6-3-15(4-7-19)22-14-16-13-17(24)5-12-21(16)26-22/h3-14,26-27H,2H2,1H3,(H,25,28). The van der Waals surface area contributed by atoms with Crippen molar-refractivity contribution in [1.29, 1.82) is 0 Å². The van der Waals surface area contributed by atoms with Crippen LogP contribution in [0.25, 0.3) is 22.2 Å². The Balaban J connectivity index is 1.50. The van der Waals surface area contributed by atoms with Gasteiger partial charge in [0.15, 0.2) is 0 Å². The lowest BCUT2D eigenvalue weighted by atomic mass is 10.1. The van der Waals surface area contributed by atoms with E-state index in [0.29, 0.717) is 22.8 Å². The molecule has 3 aromatic carbocycles. The Bertz CT molecular complexity index is 1350. The number of aromatic amines is 1. The highest BCUT2D eigenvalue weighted by molar-refractivity contribution is 7.92. The number of hydrogen-bond acceptors (Lipinski definition) is 3. The maximum absolute atomic E-state index is 12.7. The van der Waals surface area contributed by atoms with Gasteiger partial charge < -0.3 is 10.3 Å². The molecule has 0 spiro atoms. The van der Waals surface area contributed by atoms with E-state index in [4.69, 9.17) is 11.6 Å². The zero-order valence-corrected chi connectivity index (χ0v) is 18.2. The maximum Gasteiger partial charge on any atom is 0.261 e. The number of nitrogens with one attached hydrogen (secondary N) is 3. The number of sulfonamides is 1. The summed E-state index contributed by atoms with van der Waals surface area (Å²) >= 11 is 6.05. The lowest BCUT2D eigenvalue weighted by molar-refractivity contribution is -0.115. The normalized spacial score (nSPS) is 11.4. The van der Waals surface area contributed by atoms with Crippen molar-refractivity contribution in [2.45, 2.75) is 18.2 Å². The van der Waals surface area contributed by atoms with Gasteiger partial charge in [0.2, 0.25) is 5.91 Å². The third-order valence-electron chi connectivity index (χ3n) is 4.80. The summed E-state index contributed by atoms with van der Waals surface area (Å²) in [6.45, 7) is 1.75. The minimum Gasteiger partial charge on any atom is -0.355 e. The molecule has 0 unspecified atom stereocenters. The first-order valence-corrected chi connectivity index (χ1v) is 11.5. The number of hydrogen-bond donors (Lipinski definition) is 3. The highest BCUT2D eigenvalue weighted by Crippen LogP contribution is 2.27. The molecule has 0 radical (unpaired) electrons. The fraction of sp³-hybridized carbons (Fsp3) is 0.0870. The summed E-state index contributed by atoms with van der Waals surface area (Å²) in [5.74, 6) is -0.133. The topological polar surface area (TPSA) is 91.1 Å². The van der Waals surface area contributed by atoms with Gasteiger partial charge in [-0.15, -0.1) is 0 Å². The molecule has 158 valence electrons. The average Bonchev–Trinajstić information content (AvgIpc) is 3.17. The van der Waals surface area contributed by atoms with Gasteiger partial charge in [-0.25, -0.2) is 8.42 Å². The molecule has 0 aliphatic carbocycles. The van der Waals surface area contributed by atoms with Crippen LogP contribution in [-0.2, 0) is 14.8 Å². The Hall–Kier alpha value is -3.29. The van der Waals surface area contributed by atoms with E-state index in [2.05, 4.69) is 15.0 Å². The number of halogens is 1. The highest BCUT2D eigenvalue weighted by Gasteiger charge is 2.14. The Morgan fingerprint density at radius 3 is 2.29 bits per heavy atom. The number of rotatable bonds is 6. The van der Waals surface area contributed by atoms with E-state index >= 15 is 0 Å². The Morgan fingerprint density at radius 2 is 1.61 bits per heavy atom. The van der Waals surface area contributed by atoms with Gasteiger partial charge in [-0.2, -0.15) is 0 Å². The molecule has 3 N–H and O–H groups in total. The second kappa shape index (κ2) is 8.45. The second-order valence-electron chi connectivity index (χ2n) is 7.02. The van der Waals surface area contributed by atoms with Gasteiger partial charge >= 0.3 is 0 Å². The molecule has 0 fully saturated rings. The van der Waals surface area contributed by atoms with Crippen LogP contribution in [0.1, 0.15) is 13.3 Å². The summed E-state index contributed by atoms with van der Waals surface area (Å²) < 4.78 is 27.9. The smallest absolute Gasteiger partial charge is 0.261 e. The Labute approximate surface area is 185 Å². The summed E-state index contributed by atoms with van der Waals surface area (Å²) in [5, 5.41) is 4.37. The van der Waals surface area contributed by atoms with Crippen LogP contribution in [0, 0.1) is 0 Å². The maximum atomic E-state index is 12.7. The van der Waals surface area contributed by atoms with Crippen LogP contribution in [0.3, 0.4) is 0 Å². The summed E-state index contributed by atoms with van der Waals surface area (Å²) in [6.07, 6.45) is 0.351. The van der Waals surface area contributed by atoms with Gasteiger partial charge in [0.25, 0.3) is 10.0 Å². The van der Waals surface area contributed by atoms with Crippen molar-refractivity contribution in [2.24, 2.45) is 0 Å². The van der Waals surface area contributed by atoms with Crippen molar-refractivity contribution < 1.29 is 13.2 Å². The molecule has 0 saturated heterocycles. The SMILES string of the molecule is CCC(=O)Nc1ccc(S(=O)(=O)Nc2ccc(-c3cc4cc(Cl)ccc4[nH]3)cc2)cc1. The predicted molar refractivity (Wildman–Crippen MR) is 125 cm³/mol. The molecule has 0 aliphatic rings. The summed E-state index contributed by atoms with van der Waals surface area (Å²) in [6, 6.07) is 20.8. The number of amides is 1. The van der Waals surface area contributed by atoms with Crippen molar-refractivity contribution in [3.05, 3.63) is 77.8 Å². The monoisotopic (exact) mass is 453 g/mol. The molecule has 0 aliphatic heterocycles. The number of carbonyl (C=O) groups excluding carboxylic acids is 1. The van der Waals surface area contributed by atoms with Gasteiger partial charge in [0.1, 0.15) is 0 Å². The molecule has 1 aromatic heterocycles. The lowest BCUT2D eigenvalue weighted by Gasteiger charge is -2.10. The van der Waals surface area contributed by atoms with E-state index in [1.54, 1.807) is 31.2 Å². The lowest BCUT2D eigenvalue weighted by Crippen LogP contribution is -2.13. The van der Waals surface area contributed by atoms with Gasteiger partial charge in [-0.1, -0.05) is 30.7 Å². The number of H-pyrrole nitrogens is 1. The van der Waals surface area contributed by atoms with Gasteiger partial charge in [-0.05, 0) is 66.2 Å². The fourth-order valence-electron chi connectivity index (χ4n) is 3.16. The van der Waals surface area contributed by atoms with E-state index in [1.165, 1.54) is 12.1 Å². The first-order valence-electron chi connectivity index (χ1n) is 9.65. The molecule has 6 nitrogen and oxygen atoms in total. The first kappa shape index (κ1) is 21.0. The molecule has 0 saturated carbocycles. The van der Waals surface area contributed by atoms with Crippen LogP contribution in [0.5, 0.6) is 0 Å². The van der Waals surface area contributed by atoms with Crippen LogP contribution in [0.2, 0.25) is 5.02 Å². The van der Waals surface area contributed by atoms with Crippen molar-refractivity contribution in [3.63, 3.8) is 0 Å². The van der Waals surface area contributed by atoms with Crippen molar-refractivity contribution >= 4 is 49.8 Å². The van der Waals surface area contributed by atoms with Crippen molar-refractivity contribution in [1.82, 2.24) is 4.98 Å².